The van der Waals surface area contributed by atoms with Gasteiger partial charge >= 0.3 is 0 Å². The number of thiazole rings is 1. The van der Waals surface area contributed by atoms with Crippen LogP contribution in [0.5, 0.6) is 5.75 Å². The number of benzene rings is 2. The van der Waals surface area contributed by atoms with E-state index in [0.717, 1.165) is 57.9 Å². The van der Waals surface area contributed by atoms with Gasteiger partial charge in [-0.05, 0) is 60.6 Å². The molecule has 1 saturated heterocycles. The quantitative estimate of drug-likeness (QED) is 0.399. The fourth-order valence-corrected chi connectivity index (χ4v) is 5.17. The molecule has 2 aromatic carbocycles. The summed E-state index contributed by atoms with van der Waals surface area (Å²) in [5, 5.41) is 15.8. The zero-order chi connectivity index (χ0) is 21.6. The molecule has 160 valence electrons. The molecule has 0 aliphatic carbocycles. The van der Waals surface area contributed by atoms with Crippen LogP contribution in [-0.2, 0) is 10.2 Å². The second-order valence-electron chi connectivity index (χ2n) is 9.14. The lowest BCUT2D eigenvalue weighted by Gasteiger charge is -2.25. The molecule has 5 rings (SSSR count). The molecule has 1 aliphatic rings. The van der Waals surface area contributed by atoms with Gasteiger partial charge in [0.2, 0.25) is 0 Å². The molecule has 1 unspecified atom stereocenters. The molecule has 3 heterocycles. The van der Waals surface area contributed by atoms with Crippen molar-refractivity contribution in [2.75, 3.05) is 6.61 Å². The molecule has 1 N–H and O–H groups in total. The van der Waals surface area contributed by atoms with Crippen LogP contribution in [0.4, 0.5) is 0 Å². The highest BCUT2D eigenvalue weighted by Crippen LogP contribution is 2.41. The molecule has 1 atom stereocenters. The summed E-state index contributed by atoms with van der Waals surface area (Å²) >= 11 is 1.62. The van der Waals surface area contributed by atoms with Gasteiger partial charge in [0.1, 0.15) is 10.8 Å². The summed E-state index contributed by atoms with van der Waals surface area (Å²) in [7, 11) is 0. The van der Waals surface area contributed by atoms with E-state index in [4.69, 9.17) is 9.72 Å². The summed E-state index contributed by atoms with van der Waals surface area (Å²) < 4.78 is 9.16. The number of nitrogens with zero attached hydrogens (tertiary/aromatic N) is 3. The van der Waals surface area contributed by atoms with Gasteiger partial charge in [-0.3, -0.25) is 0 Å². The molecule has 1 aliphatic heterocycles. The Hall–Kier alpha value is -2.70. The smallest absolute Gasteiger partial charge is 0.150 e. The van der Waals surface area contributed by atoms with E-state index < -0.39 is 0 Å². The first-order valence-electron chi connectivity index (χ1n) is 10.8. The van der Waals surface area contributed by atoms with Crippen LogP contribution in [0.25, 0.3) is 32.0 Å². The Balaban J connectivity index is 1.72. The van der Waals surface area contributed by atoms with Crippen LogP contribution in [0.2, 0.25) is 0 Å². The van der Waals surface area contributed by atoms with E-state index in [1.807, 2.05) is 29.1 Å². The minimum Gasteiger partial charge on any atom is -0.507 e. The third kappa shape index (κ3) is 3.75. The van der Waals surface area contributed by atoms with Crippen molar-refractivity contribution < 1.29 is 9.84 Å². The zero-order valence-corrected chi connectivity index (χ0v) is 18.9. The maximum atomic E-state index is 10.4. The minimum absolute atomic E-state index is 0.00578. The highest BCUT2D eigenvalue weighted by atomic mass is 32.1. The van der Waals surface area contributed by atoms with Crippen molar-refractivity contribution in [3.05, 3.63) is 54.2 Å². The molecule has 4 aromatic rings. The van der Waals surface area contributed by atoms with Crippen LogP contribution in [-0.4, -0.2) is 26.5 Å². The monoisotopic (exact) mass is 433 g/mol. The number of ether oxygens (including phenoxy) is 1. The highest BCUT2D eigenvalue weighted by molar-refractivity contribution is 7.21. The topological polar surface area (TPSA) is 60.2 Å². The number of hydrogen-bond acceptors (Lipinski definition) is 5. The maximum Gasteiger partial charge on any atom is 0.150 e. The Morgan fingerprint density at radius 2 is 1.94 bits per heavy atom. The third-order valence-electron chi connectivity index (χ3n) is 5.87. The largest absolute Gasteiger partial charge is 0.507 e. The highest BCUT2D eigenvalue weighted by Gasteiger charge is 2.24. The summed E-state index contributed by atoms with van der Waals surface area (Å²) in [6.45, 7) is 7.45. The number of phenols is 1. The molecule has 0 saturated carbocycles. The molecular weight excluding hydrogens is 406 g/mol. The summed E-state index contributed by atoms with van der Waals surface area (Å²) in [6.07, 6.45) is 5.03. The normalized spacial score (nSPS) is 17.3. The first kappa shape index (κ1) is 20.2. The predicted molar refractivity (Wildman–Crippen MR) is 125 cm³/mol. The molecule has 6 heteroatoms. The first-order chi connectivity index (χ1) is 14.9. The summed E-state index contributed by atoms with van der Waals surface area (Å²) in [5.74, 6) is 0.250. The molecule has 5 nitrogen and oxygen atoms in total. The number of phenolic OH excluding ortho intramolecular Hbond substituents is 1. The Morgan fingerprint density at radius 1 is 1.10 bits per heavy atom. The van der Waals surface area contributed by atoms with Gasteiger partial charge in [0.25, 0.3) is 0 Å². The molecule has 0 amide bonds. The molecule has 0 radical (unpaired) electrons. The first-order valence-corrected chi connectivity index (χ1v) is 11.6. The van der Waals surface area contributed by atoms with E-state index in [9.17, 15) is 5.11 Å². The van der Waals surface area contributed by atoms with Crippen molar-refractivity contribution in [3.63, 3.8) is 0 Å². The van der Waals surface area contributed by atoms with E-state index in [1.54, 1.807) is 17.4 Å². The van der Waals surface area contributed by atoms with Crippen LogP contribution in [0.3, 0.4) is 0 Å². The van der Waals surface area contributed by atoms with Crippen LogP contribution in [0.1, 0.15) is 51.8 Å². The van der Waals surface area contributed by atoms with E-state index in [2.05, 4.69) is 44.1 Å². The molecule has 1 fully saturated rings. The molecule has 0 bridgehead atoms. The zero-order valence-electron chi connectivity index (χ0n) is 18.1. The Bertz CT molecular complexity index is 1230. The van der Waals surface area contributed by atoms with E-state index in [0.29, 0.717) is 0 Å². The number of hydrogen-bond donors (Lipinski definition) is 1. The van der Waals surface area contributed by atoms with Gasteiger partial charge in [0, 0.05) is 18.4 Å². The van der Waals surface area contributed by atoms with E-state index in [1.165, 1.54) is 5.56 Å². The van der Waals surface area contributed by atoms with Gasteiger partial charge in [-0.1, -0.05) is 32.9 Å². The van der Waals surface area contributed by atoms with Gasteiger partial charge < -0.3 is 9.84 Å². The van der Waals surface area contributed by atoms with Crippen LogP contribution < -0.4 is 0 Å². The number of aromatic nitrogens is 3. The van der Waals surface area contributed by atoms with Crippen LogP contribution in [0, 0.1) is 0 Å². The van der Waals surface area contributed by atoms with Gasteiger partial charge in [-0.15, -0.1) is 11.3 Å². The fraction of sp³-hybridized carbons (Fsp3) is 0.360. The van der Waals surface area contributed by atoms with Crippen molar-refractivity contribution in [2.24, 2.45) is 0 Å². The van der Waals surface area contributed by atoms with Crippen LogP contribution >= 0.6 is 11.3 Å². The van der Waals surface area contributed by atoms with Gasteiger partial charge in [-0.25, -0.2) is 9.67 Å². The Kier molecular flexibility index (Phi) is 5.07. The molecule has 0 spiro atoms. The van der Waals surface area contributed by atoms with Gasteiger partial charge in [-0.2, -0.15) is 5.10 Å². The van der Waals surface area contributed by atoms with E-state index in [-0.39, 0.29) is 17.4 Å². The molecule has 2 aromatic heterocycles. The van der Waals surface area contributed by atoms with Crippen molar-refractivity contribution in [3.8, 4) is 27.6 Å². The second-order valence-corrected chi connectivity index (χ2v) is 10.2. The number of para-hydroxylation sites is 1. The lowest BCUT2D eigenvalue weighted by Crippen LogP contribution is -2.20. The fourth-order valence-electron chi connectivity index (χ4n) is 4.10. The van der Waals surface area contributed by atoms with Gasteiger partial charge in [0.15, 0.2) is 6.23 Å². The molecular formula is C25H27N3O2S. The second kappa shape index (κ2) is 7.77. The number of fused-ring (bicyclic) bond motifs is 1. The SMILES string of the molecule is CC(C)(C)c1cc(-c2ccnn2C2CCCCO2)c2nc(-c3ccccc3O)sc2c1. The van der Waals surface area contributed by atoms with Crippen LogP contribution in [0.15, 0.2) is 48.7 Å². The average molecular weight is 434 g/mol. The lowest BCUT2D eigenvalue weighted by molar-refractivity contribution is -0.0383. The van der Waals surface area contributed by atoms with Crippen molar-refractivity contribution in [1.82, 2.24) is 14.8 Å². The van der Waals surface area contributed by atoms with Crippen molar-refractivity contribution in [1.29, 1.82) is 0 Å². The molecule has 31 heavy (non-hydrogen) atoms. The summed E-state index contributed by atoms with van der Waals surface area (Å²) in [4.78, 5) is 4.99. The maximum absolute atomic E-state index is 10.4. The standard InChI is InChI=1S/C25H27N3O2S/c1-25(2,3)16-14-18(19-11-12-26-28(19)22-10-6-7-13-30-22)23-21(15-16)31-24(27-23)17-8-4-5-9-20(17)29/h4-5,8-9,11-12,14-15,22,29H,6-7,10,13H2,1-3H3. The van der Waals surface area contributed by atoms with Gasteiger partial charge in [0.05, 0.1) is 21.5 Å². The van der Waals surface area contributed by atoms with Crippen molar-refractivity contribution in [2.45, 2.75) is 51.7 Å². The Labute approximate surface area is 186 Å². The van der Waals surface area contributed by atoms with E-state index >= 15 is 0 Å². The summed E-state index contributed by atoms with van der Waals surface area (Å²) in [6, 6.07) is 13.9. The average Bonchev–Trinajstić information content (AvgIpc) is 3.40. The number of aromatic hydroxyl groups is 1. The number of rotatable bonds is 3. The summed E-state index contributed by atoms with van der Waals surface area (Å²) in [5.41, 5.74) is 5.03. The minimum atomic E-state index is -0.0385. The van der Waals surface area contributed by atoms with Crippen molar-refractivity contribution >= 4 is 21.6 Å². The lowest BCUT2D eigenvalue weighted by atomic mass is 9.85. The predicted octanol–water partition coefficient (Wildman–Crippen LogP) is 6.53. The third-order valence-corrected chi connectivity index (χ3v) is 6.91. The Morgan fingerprint density at radius 3 is 2.68 bits per heavy atom.